The molecular formula is C9H14ClN3O. The summed E-state index contributed by atoms with van der Waals surface area (Å²) in [5.74, 6) is 0.215. The molecule has 0 radical (unpaired) electrons. The van der Waals surface area contributed by atoms with Gasteiger partial charge in [-0.25, -0.2) is 9.97 Å². The van der Waals surface area contributed by atoms with Crippen LogP contribution in [-0.4, -0.2) is 23.2 Å². The maximum absolute atomic E-state index is 5.93. The molecule has 2 N–H and O–H groups in total. The lowest BCUT2D eigenvalue weighted by molar-refractivity contribution is 0.150. The lowest BCUT2D eigenvalue weighted by Gasteiger charge is -2.07. The molecule has 1 heterocycles. The summed E-state index contributed by atoms with van der Waals surface area (Å²) < 4.78 is 5.23. The quantitative estimate of drug-likeness (QED) is 0.612. The maximum Gasteiger partial charge on any atom is 0.221 e. The Morgan fingerprint density at radius 3 is 2.71 bits per heavy atom. The predicted molar refractivity (Wildman–Crippen MR) is 56.4 cm³/mol. The van der Waals surface area contributed by atoms with Crippen molar-refractivity contribution in [2.75, 3.05) is 18.9 Å². The fraction of sp³-hybridized carbons (Fsp3) is 0.556. The van der Waals surface area contributed by atoms with Crippen LogP contribution in [-0.2, 0) is 11.2 Å². The fourth-order valence-electron chi connectivity index (χ4n) is 1.18. The summed E-state index contributed by atoms with van der Waals surface area (Å²) in [5.41, 5.74) is 7.18. The van der Waals surface area contributed by atoms with Crippen LogP contribution in [0, 0.1) is 6.92 Å². The first kappa shape index (κ1) is 11.2. The SMILES string of the molecule is CCOCCc1c(C)nc(N)nc1Cl. The van der Waals surface area contributed by atoms with Gasteiger partial charge >= 0.3 is 0 Å². The van der Waals surface area contributed by atoms with Gasteiger partial charge in [-0.15, -0.1) is 0 Å². The Morgan fingerprint density at radius 1 is 1.43 bits per heavy atom. The van der Waals surface area contributed by atoms with Gasteiger partial charge in [0.15, 0.2) is 0 Å². The molecule has 0 aromatic carbocycles. The van der Waals surface area contributed by atoms with Crippen molar-refractivity contribution in [3.05, 3.63) is 16.4 Å². The third-order valence-electron chi connectivity index (χ3n) is 1.88. The van der Waals surface area contributed by atoms with Gasteiger partial charge in [0.05, 0.1) is 6.61 Å². The molecule has 0 saturated heterocycles. The fourth-order valence-corrected chi connectivity index (χ4v) is 1.50. The molecule has 0 saturated carbocycles. The van der Waals surface area contributed by atoms with Crippen LogP contribution in [0.15, 0.2) is 0 Å². The van der Waals surface area contributed by atoms with Crippen molar-refractivity contribution in [1.29, 1.82) is 0 Å². The molecule has 0 fully saturated rings. The van der Waals surface area contributed by atoms with Gasteiger partial charge in [0, 0.05) is 24.3 Å². The topological polar surface area (TPSA) is 61.0 Å². The number of hydrogen-bond donors (Lipinski definition) is 1. The summed E-state index contributed by atoms with van der Waals surface area (Å²) in [7, 11) is 0. The molecule has 0 spiro atoms. The molecule has 1 rings (SSSR count). The first-order valence-corrected chi connectivity index (χ1v) is 4.89. The van der Waals surface area contributed by atoms with Crippen molar-refractivity contribution >= 4 is 17.5 Å². The molecule has 5 heteroatoms. The van der Waals surface area contributed by atoms with Gasteiger partial charge in [-0.05, 0) is 13.8 Å². The minimum Gasteiger partial charge on any atom is -0.381 e. The number of nitrogens with two attached hydrogens (primary N) is 1. The second-order valence-electron chi connectivity index (χ2n) is 2.88. The van der Waals surface area contributed by atoms with E-state index in [1.165, 1.54) is 0 Å². The number of nitrogen functional groups attached to an aromatic ring is 1. The van der Waals surface area contributed by atoms with E-state index in [0.29, 0.717) is 18.4 Å². The van der Waals surface area contributed by atoms with E-state index in [1.54, 1.807) is 0 Å². The molecule has 0 atom stereocenters. The van der Waals surface area contributed by atoms with Crippen LogP contribution in [0.3, 0.4) is 0 Å². The van der Waals surface area contributed by atoms with Crippen LogP contribution >= 0.6 is 11.6 Å². The van der Waals surface area contributed by atoms with E-state index in [4.69, 9.17) is 22.1 Å². The van der Waals surface area contributed by atoms with E-state index in [2.05, 4.69) is 9.97 Å². The molecule has 0 aliphatic heterocycles. The summed E-state index contributed by atoms with van der Waals surface area (Å²) in [6.07, 6.45) is 0.721. The van der Waals surface area contributed by atoms with Crippen molar-refractivity contribution in [1.82, 2.24) is 9.97 Å². The number of anilines is 1. The van der Waals surface area contributed by atoms with Crippen LogP contribution in [0.5, 0.6) is 0 Å². The largest absolute Gasteiger partial charge is 0.381 e. The highest BCUT2D eigenvalue weighted by molar-refractivity contribution is 6.30. The molecule has 0 aliphatic rings. The number of halogens is 1. The maximum atomic E-state index is 5.93. The predicted octanol–water partition coefficient (Wildman–Crippen LogP) is 1.60. The molecule has 0 unspecified atom stereocenters. The summed E-state index contributed by atoms with van der Waals surface area (Å²) in [4.78, 5) is 7.93. The summed E-state index contributed by atoms with van der Waals surface area (Å²) >= 11 is 5.93. The Kier molecular flexibility index (Phi) is 4.10. The van der Waals surface area contributed by atoms with E-state index >= 15 is 0 Å². The lowest BCUT2D eigenvalue weighted by atomic mass is 10.2. The van der Waals surface area contributed by atoms with Gasteiger partial charge in [0.1, 0.15) is 5.15 Å². The van der Waals surface area contributed by atoms with Crippen LogP contribution in [0.4, 0.5) is 5.95 Å². The zero-order valence-corrected chi connectivity index (χ0v) is 9.14. The number of aryl methyl sites for hydroxylation is 1. The first-order chi connectivity index (χ1) is 6.65. The van der Waals surface area contributed by atoms with Gasteiger partial charge in [0.2, 0.25) is 5.95 Å². The van der Waals surface area contributed by atoms with Gasteiger partial charge in [-0.3, -0.25) is 0 Å². The highest BCUT2D eigenvalue weighted by atomic mass is 35.5. The zero-order chi connectivity index (χ0) is 10.6. The first-order valence-electron chi connectivity index (χ1n) is 4.51. The number of aromatic nitrogens is 2. The molecule has 1 aromatic heterocycles. The van der Waals surface area contributed by atoms with Crippen molar-refractivity contribution in [3.63, 3.8) is 0 Å². The smallest absolute Gasteiger partial charge is 0.221 e. The zero-order valence-electron chi connectivity index (χ0n) is 8.38. The molecule has 78 valence electrons. The number of ether oxygens (including phenoxy) is 1. The molecule has 1 aromatic rings. The highest BCUT2D eigenvalue weighted by Crippen LogP contribution is 2.17. The summed E-state index contributed by atoms with van der Waals surface area (Å²) in [6, 6.07) is 0. The molecule has 0 bridgehead atoms. The number of hydrogen-bond acceptors (Lipinski definition) is 4. The van der Waals surface area contributed by atoms with Crippen molar-refractivity contribution in [2.24, 2.45) is 0 Å². The van der Waals surface area contributed by atoms with Crippen LogP contribution in [0.25, 0.3) is 0 Å². The standard InChI is InChI=1S/C9H14ClN3O/c1-3-14-5-4-7-6(2)12-9(11)13-8(7)10/h3-5H2,1-2H3,(H2,11,12,13). The summed E-state index contributed by atoms with van der Waals surface area (Å²) in [6.45, 7) is 5.15. The normalized spacial score (nSPS) is 10.5. The Morgan fingerprint density at radius 2 is 2.14 bits per heavy atom. The molecule has 4 nitrogen and oxygen atoms in total. The van der Waals surface area contributed by atoms with Gasteiger partial charge in [-0.1, -0.05) is 11.6 Å². The molecule has 0 aliphatic carbocycles. The third kappa shape index (κ3) is 2.82. The van der Waals surface area contributed by atoms with Crippen molar-refractivity contribution in [2.45, 2.75) is 20.3 Å². The Labute approximate surface area is 88.5 Å². The summed E-state index contributed by atoms with van der Waals surface area (Å²) in [5, 5.41) is 0.426. The van der Waals surface area contributed by atoms with E-state index in [0.717, 1.165) is 17.7 Å². The van der Waals surface area contributed by atoms with Gasteiger partial charge in [0.25, 0.3) is 0 Å². The van der Waals surface area contributed by atoms with Gasteiger partial charge < -0.3 is 10.5 Å². The van der Waals surface area contributed by atoms with Crippen LogP contribution in [0.1, 0.15) is 18.2 Å². The van der Waals surface area contributed by atoms with Crippen molar-refractivity contribution < 1.29 is 4.74 Å². The Bertz CT molecular complexity index is 294. The molecular weight excluding hydrogens is 202 g/mol. The average molecular weight is 216 g/mol. The minimum absolute atomic E-state index is 0.215. The van der Waals surface area contributed by atoms with Gasteiger partial charge in [-0.2, -0.15) is 0 Å². The van der Waals surface area contributed by atoms with E-state index in [9.17, 15) is 0 Å². The average Bonchev–Trinajstić information content (AvgIpc) is 2.09. The molecule has 14 heavy (non-hydrogen) atoms. The second-order valence-corrected chi connectivity index (χ2v) is 3.24. The molecule has 0 amide bonds. The third-order valence-corrected chi connectivity index (χ3v) is 2.19. The second kappa shape index (κ2) is 5.12. The van der Waals surface area contributed by atoms with Crippen LogP contribution in [0.2, 0.25) is 5.15 Å². The van der Waals surface area contributed by atoms with E-state index in [-0.39, 0.29) is 5.95 Å². The highest BCUT2D eigenvalue weighted by Gasteiger charge is 2.07. The van der Waals surface area contributed by atoms with E-state index in [1.807, 2.05) is 13.8 Å². The Balaban J connectivity index is 2.75. The number of rotatable bonds is 4. The minimum atomic E-state index is 0.215. The monoisotopic (exact) mass is 215 g/mol. The number of nitrogens with zero attached hydrogens (tertiary/aromatic N) is 2. The van der Waals surface area contributed by atoms with Crippen molar-refractivity contribution in [3.8, 4) is 0 Å². The van der Waals surface area contributed by atoms with Crippen LogP contribution < -0.4 is 5.73 Å². The lowest BCUT2D eigenvalue weighted by Crippen LogP contribution is -2.06. The van der Waals surface area contributed by atoms with E-state index < -0.39 is 0 Å². The Hall–Kier alpha value is -0.870.